The van der Waals surface area contributed by atoms with Crippen LogP contribution in [-0.2, 0) is 4.79 Å². The number of likely N-dealkylation sites (N-methyl/N-ethyl adjacent to an activating group) is 1. The lowest BCUT2D eigenvalue weighted by Crippen LogP contribution is -2.35. The van der Waals surface area contributed by atoms with E-state index < -0.39 is 12.0 Å². The number of nitrogens with zero attached hydrogens (tertiary/aromatic N) is 3. The number of fused-ring (bicyclic) bond motifs is 1. The van der Waals surface area contributed by atoms with Crippen molar-refractivity contribution in [3.63, 3.8) is 0 Å². The Labute approximate surface area is 168 Å². The van der Waals surface area contributed by atoms with Gasteiger partial charge < -0.3 is 15.7 Å². The third-order valence-corrected chi connectivity index (χ3v) is 4.64. The quantitative estimate of drug-likeness (QED) is 0.666. The third kappa shape index (κ3) is 4.06. The molecule has 6 nitrogen and oxygen atoms in total. The number of carbonyl (C=O) groups is 1. The zero-order valence-corrected chi connectivity index (χ0v) is 16.2. The van der Waals surface area contributed by atoms with E-state index in [0.29, 0.717) is 33.9 Å². The topological polar surface area (TPSA) is 92.3 Å². The van der Waals surface area contributed by atoms with Gasteiger partial charge in [0.05, 0.1) is 10.5 Å². The Hall–Kier alpha value is -3.14. The van der Waals surface area contributed by atoms with Crippen molar-refractivity contribution in [1.82, 2.24) is 14.9 Å². The Morgan fingerprint density at radius 3 is 2.82 bits per heavy atom. The fraction of sp³-hybridized carbons (Fsp3) is 0.190. The number of amides is 1. The summed E-state index contributed by atoms with van der Waals surface area (Å²) in [6, 6.07) is 11.1. The summed E-state index contributed by atoms with van der Waals surface area (Å²) in [6.45, 7) is 2.33. The van der Waals surface area contributed by atoms with E-state index in [2.05, 4.69) is 21.8 Å². The van der Waals surface area contributed by atoms with Crippen LogP contribution in [-0.4, -0.2) is 45.6 Å². The third-order valence-electron chi connectivity index (χ3n) is 4.36. The minimum absolute atomic E-state index is 0.353. The normalized spacial score (nSPS) is 11.6. The van der Waals surface area contributed by atoms with Crippen LogP contribution in [0.4, 0.5) is 5.82 Å². The zero-order chi connectivity index (χ0) is 20.3. The fourth-order valence-electron chi connectivity index (χ4n) is 2.67. The lowest BCUT2D eigenvalue weighted by molar-refractivity contribution is -0.135. The maximum Gasteiger partial charge on any atom is 0.263 e. The number of nitrogen functional groups attached to an aromatic ring is 1. The van der Waals surface area contributed by atoms with Gasteiger partial charge in [-0.15, -0.1) is 0 Å². The SMILES string of the molecule is CCN(C)C(=O)C(O)C#Cc1cccc(-c2cc(Cl)c3ncnc(N)c3c2)c1. The average Bonchev–Trinajstić information content (AvgIpc) is 2.71. The summed E-state index contributed by atoms with van der Waals surface area (Å²) in [4.78, 5) is 21.5. The predicted octanol–water partition coefficient (Wildman–Crippen LogP) is 2.72. The molecule has 0 saturated heterocycles. The van der Waals surface area contributed by atoms with E-state index in [0.717, 1.165) is 11.1 Å². The molecule has 7 heteroatoms. The van der Waals surface area contributed by atoms with Crippen LogP contribution < -0.4 is 5.73 Å². The first-order valence-electron chi connectivity index (χ1n) is 8.65. The Morgan fingerprint density at radius 2 is 2.07 bits per heavy atom. The maximum absolute atomic E-state index is 11.9. The van der Waals surface area contributed by atoms with Crippen molar-refractivity contribution in [2.24, 2.45) is 0 Å². The molecular formula is C21H19ClN4O2. The molecule has 3 N–H and O–H groups in total. The van der Waals surface area contributed by atoms with Crippen LogP contribution in [0.5, 0.6) is 0 Å². The van der Waals surface area contributed by atoms with E-state index in [-0.39, 0.29) is 0 Å². The highest BCUT2D eigenvalue weighted by Gasteiger charge is 2.15. The number of aromatic nitrogens is 2. The summed E-state index contributed by atoms with van der Waals surface area (Å²) in [5.41, 5.74) is 8.91. The summed E-state index contributed by atoms with van der Waals surface area (Å²) >= 11 is 6.36. The largest absolute Gasteiger partial charge is 0.383 e. The molecule has 2 aromatic carbocycles. The maximum atomic E-state index is 11.9. The minimum Gasteiger partial charge on any atom is -0.383 e. The molecule has 0 radical (unpaired) electrons. The second-order valence-electron chi connectivity index (χ2n) is 6.22. The molecule has 0 saturated carbocycles. The van der Waals surface area contributed by atoms with Gasteiger partial charge in [0.1, 0.15) is 12.1 Å². The second-order valence-corrected chi connectivity index (χ2v) is 6.63. The number of rotatable bonds is 3. The molecule has 1 unspecified atom stereocenters. The highest BCUT2D eigenvalue weighted by atomic mass is 35.5. The summed E-state index contributed by atoms with van der Waals surface area (Å²) in [6.07, 6.45) is 0.0165. The molecule has 1 amide bonds. The van der Waals surface area contributed by atoms with Gasteiger partial charge in [-0.3, -0.25) is 4.79 Å². The van der Waals surface area contributed by atoms with Crippen LogP contribution in [0.2, 0.25) is 5.02 Å². The number of anilines is 1. The highest BCUT2D eigenvalue weighted by molar-refractivity contribution is 6.35. The van der Waals surface area contributed by atoms with Crippen molar-refractivity contribution in [2.45, 2.75) is 13.0 Å². The molecule has 1 aromatic heterocycles. The fourth-order valence-corrected chi connectivity index (χ4v) is 2.93. The molecule has 3 rings (SSSR count). The monoisotopic (exact) mass is 394 g/mol. The first-order valence-corrected chi connectivity index (χ1v) is 9.03. The predicted molar refractivity (Wildman–Crippen MR) is 111 cm³/mol. The molecule has 0 spiro atoms. The standard InChI is InChI=1S/C21H19ClN4O2/c1-3-26(2)21(28)18(27)8-7-13-5-4-6-14(9-13)15-10-16-19(17(22)11-15)24-12-25-20(16)23/h4-6,9-12,18,27H,3H2,1-2H3,(H2,23,24,25). The van der Waals surface area contributed by atoms with Gasteiger partial charge >= 0.3 is 0 Å². The zero-order valence-electron chi connectivity index (χ0n) is 15.5. The van der Waals surface area contributed by atoms with Gasteiger partial charge in [0, 0.05) is 24.5 Å². The van der Waals surface area contributed by atoms with Gasteiger partial charge in [-0.05, 0) is 42.3 Å². The first-order chi connectivity index (χ1) is 13.4. The number of aliphatic hydroxyl groups excluding tert-OH is 1. The Bertz CT molecular complexity index is 1100. The van der Waals surface area contributed by atoms with E-state index in [4.69, 9.17) is 17.3 Å². The van der Waals surface area contributed by atoms with Crippen LogP contribution >= 0.6 is 11.6 Å². The summed E-state index contributed by atoms with van der Waals surface area (Å²) in [5.74, 6) is 5.36. The van der Waals surface area contributed by atoms with Crippen LogP contribution in [0.25, 0.3) is 22.0 Å². The molecule has 0 bridgehead atoms. The van der Waals surface area contributed by atoms with Gasteiger partial charge in [-0.25, -0.2) is 9.97 Å². The van der Waals surface area contributed by atoms with Gasteiger partial charge in [0.25, 0.3) is 5.91 Å². The van der Waals surface area contributed by atoms with Crippen molar-refractivity contribution in [3.8, 4) is 23.0 Å². The number of aliphatic hydroxyl groups is 1. The van der Waals surface area contributed by atoms with Crippen LogP contribution in [0, 0.1) is 11.8 Å². The molecule has 142 valence electrons. The number of hydrogen-bond donors (Lipinski definition) is 2. The van der Waals surface area contributed by atoms with Crippen molar-refractivity contribution in [2.75, 3.05) is 19.3 Å². The number of nitrogens with two attached hydrogens (primary N) is 1. The minimum atomic E-state index is -1.36. The molecular weight excluding hydrogens is 376 g/mol. The Kier molecular flexibility index (Phi) is 5.78. The number of hydrogen-bond acceptors (Lipinski definition) is 5. The number of halogens is 1. The first kappa shape index (κ1) is 19.6. The highest BCUT2D eigenvalue weighted by Crippen LogP contribution is 2.31. The van der Waals surface area contributed by atoms with Crippen molar-refractivity contribution in [1.29, 1.82) is 0 Å². The molecule has 1 heterocycles. The molecule has 0 aliphatic rings. The van der Waals surface area contributed by atoms with E-state index >= 15 is 0 Å². The van der Waals surface area contributed by atoms with E-state index in [1.165, 1.54) is 11.2 Å². The molecule has 1 atom stereocenters. The number of carbonyl (C=O) groups excluding carboxylic acids is 1. The van der Waals surface area contributed by atoms with Crippen LogP contribution in [0.1, 0.15) is 12.5 Å². The van der Waals surface area contributed by atoms with Crippen LogP contribution in [0.15, 0.2) is 42.7 Å². The second kappa shape index (κ2) is 8.26. The molecule has 28 heavy (non-hydrogen) atoms. The van der Waals surface area contributed by atoms with Gasteiger partial charge in [0.2, 0.25) is 0 Å². The summed E-state index contributed by atoms with van der Waals surface area (Å²) in [5, 5.41) is 11.1. The van der Waals surface area contributed by atoms with Gasteiger partial charge in [0.15, 0.2) is 6.10 Å². The van der Waals surface area contributed by atoms with Gasteiger partial charge in [-0.2, -0.15) is 0 Å². The van der Waals surface area contributed by atoms with Gasteiger partial charge in [-0.1, -0.05) is 35.6 Å². The van der Waals surface area contributed by atoms with E-state index in [1.54, 1.807) is 19.2 Å². The lowest BCUT2D eigenvalue weighted by atomic mass is 10.0. The van der Waals surface area contributed by atoms with Crippen molar-refractivity contribution >= 4 is 34.2 Å². The molecule has 0 fully saturated rings. The average molecular weight is 395 g/mol. The number of benzene rings is 2. The van der Waals surface area contributed by atoms with Crippen molar-refractivity contribution < 1.29 is 9.90 Å². The molecule has 0 aliphatic carbocycles. The van der Waals surface area contributed by atoms with E-state index in [1.807, 2.05) is 31.2 Å². The lowest BCUT2D eigenvalue weighted by Gasteiger charge is -2.15. The summed E-state index contributed by atoms with van der Waals surface area (Å²) in [7, 11) is 1.62. The van der Waals surface area contributed by atoms with Crippen molar-refractivity contribution in [3.05, 3.63) is 53.3 Å². The smallest absolute Gasteiger partial charge is 0.263 e. The summed E-state index contributed by atoms with van der Waals surface area (Å²) < 4.78 is 0. The Morgan fingerprint density at radius 1 is 1.29 bits per heavy atom. The molecule has 3 aromatic rings. The van der Waals surface area contributed by atoms with Crippen LogP contribution in [0.3, 0.4) is 0 Å². The van der Waals surface area contributed by atoms with E-state index in [9.17, 15) is 9.90 Å². The molecule has 0 aliphatic heterocycles. The Balaban J connectivity index is 1.95.